The number of benzene rings is 1. The lowest BCUT2D eigenvalue weighted by molar-refractivity contribution is -0.156. The molecule has 24 heavy (non-hydrogen) atoms. The first-order chi connectivity index (χ1) is 11.7. The number of para-hydroxylation sites is 1. The minimum atomic E-state index is -0.352. The van der Waals surface area contributed by atoms with Gasteiger partial charge in [0, 0.05) is 12.6 Å². The van der Waals surface area contributed by atoms with Crippen molar-refractivity contribution >= 4 is 12.1 Å². The maximum absolute atomic E-state index is 12.4. The van der Waals surface area contributed by atoms with Crippen LogP contribution < -0.4 is 4.74 Å². The SMILES string of the molecule is COC(=O)N1C[C@H]2CC[C@@H]1[C@H](C(=O)OCCOc1ccccc1)C2. The third-order valence-electron chi connectivity index (χ3n) is 4.83. The van der Waals surface area contributed by atoms with Crippen LogP contribution in [0.4, 0.5) is 4.79 Å². The molecule has 0 unspecified atom stereocenters. The molecule has 1 aromatic carbocycles. The lowest BCUT2D eigenvalue weighted by Gasteiger charge is -2.47. The Morgan fingerprint density at radius 1 is 1.17 bits per heavy atom. The molecule has 0 spiro atoms. The topological polar surface area (TPSA) is 65.1 Å². The number of hydrogen-bond acceptors (Lipinski definition) is 5. The van der Waals surface area contributed by atoms with Crippen molar-refractivity contribution in [2.75, 3.05) is 26.9 Å². The van der Waals surface area contributed by atoms with Crippen molar-refractivity contribution in [1.29, 1.82) is 0 Å². The molecule has 4 rings (SSSR count). The standard InChI is InChI=1S/C18H23NO5/c1-22-18(21)19-12-13-7-8-16(19)15(11-13)17(20)24-10-9-23-14-5-3-2-4-6-14/h2-6,13,15-16H,7-12H2,1H3/t13-,15+,16+/m0/s1. The highest BCUT2D eigenvalue weighted by atomic mass is 16.6. The van der Waals surface area contributed by atoms with E-state index >= 15 is 0 Å². The van der Waals surface area contributed by atoms with Gasteiger partial charge in [0.15, 0.2) is 0 Å². The van der Waals surface area contributed by atoms with E-state index in [1.54, 1.807) is 4.90 Å². The van der Waals surface area contributed by atoms with Gasteiger partial charge in [-0.1, -0.05) is 18.2 Å². The van der Waals surface area contributed by atoms with E-state index in [2.05, 4.69) is 0 Å². The zero-order chi connectivity index (χ0) is 16.9. The third kappa shape index (κ3) is 3.63. The lowest BCUT2D eigenvalue weighted by Crippen LogP contribution is -2.57. The number of piperidine rings is 2. The Morgan fingerprint density at radius 3 is 2.67 bits per heavy atom. The van der Waals surface area contributed by atoms with E-state index in [-0.39, 0.29) is 30.6 Å². The van der Waals surface area contributed by atoms with Crippen LogP contribution in [0.3, 0.4) is 0 Å². The minimum absolute atomic E-state index is 0.106. The van der Waals surface area contributed by atoms with Gasteiger partial charge in [-0.2, -0.15) is 0 Å². The summed E-state index contributed by atoms with van der Waals surface area (Å²) in [6, 6.07) is 9.30. The van der Waals surface area contributed by atoms with Crippen molar-refractivity contribution in [3.63, 3.8) is 0 Å². The van der Waals surface area contributed by atoms with Crippen LogP contribution in [0.5, 0.6) is 5.75 Å². The average molecular weight is 333 g/mol. The van der Waals surface area contributed by atoms with Crippen molar-refractivity contribution in [3.05, 3.63) is 30.3 Å². The normalized spacial score (nSPS) is 25.2. The van der Waals surface area contributed by atoms with Gasteiger partial charge >= 0.3 is 12.1 Å². The summed E-state index contributed by atoms with van der Waals surface area (Å²) < 4.78 is 15.7. The molecule has 3 aliphatic rings. The molecule has 0 radical (unpaired) electrons. The van der Waals surface area contributed by atoms with Crippen LogP contribution in [0.15, 0.2) is 30.3 Å². The first-order valence-electron chi connectivity index (χ1n) is 8.38. The molecule has 130 valence electrons. The summed E-state index contributed by atoms with van der Waals surface area (Å²) in [6.45, 7) is 1.20. The van der Waals surface area contributed by atoms with Crippen LogP contribution in [-0.2, 0) is 14.3 Å². The first-order valence-corrected chi connectivity index (χ1v) is 8.38. The fraction of sp³-hybridized carbons (Fsp3) is 0.556. The highest BCUT2D eigenvalue weighted by Crippen LogP contribution is 2.39. The number of rotatable bonds is 5. The smallest absolute Gasteiger partial charge is 0.409 e. The predicted molar refractivity (Wildman–Crippen MR) is 86.6 cm³/mol. The second-order valence-corrected chi connectivity index (χ2v) is 6.30. The van der Waals surface area contributed by atoms with E-state index < -0.39 is 0 Å². The van der Waals surface area contributed by atoms with Crippen LogP contribution >= 0.6 is 0 Å². The van der Waals surface area contributed by atoms with Crippen LogP contribution in [-0.4, -0.2) is 49.9 Å². The Bertz CT molecular complexity index is 576. The van der Waals surface area contributed by atoms with E-state index in [9.17, 15) is 9.59 Å². The van der Waals surface area contributed by atoms with Gasteiger partial charge in [-0.05, 0) is 37.3 Å². The Labute approximate surface area is 141 Å². The predicted octanol–water partition coefficient (Wildman–Crippen LogP) is 2.48. The summed E-state index contributed by atoms with van der Waals surface area (Å²) in [5, 5.41) is 0. The molecule has 2 heterocycles. The Kier molecular flexibility index (Phi) is 5.23. The van der Waals surface area contributed by atoms with E-state index in [1.165, 1.54) is 7.11 Å². The fourth-order valence-corrected chi connectivity index (χ4v) is 3.70. The van der Waals surface area contributed by atoms with Crippen molar-refractivity contribution in [2.24, 2.45) is 11.8 Å². The molecule has 1 saturated carbocycles. The fourth-order valence-electron chi connectivity index (χ4n) is 3.70. The molecular weight excluding hydrogens is 310 g/mol. The first kappa shape index (κ1) is 16.6. The highest BCUT2D eigenvalue weighted by Gasteiger charge is 2.46. The van der Waals surface area contributed by atoms with Crippen molar-refractivity contribution in [3.8, 4) is 5.75 Å². The zero-order valence-electron chi connectivity index (χ0n) is 13.8. The molecule has 1 aromatic rings. The van der Waals surface area contributed by atoms with Gasteiger partial charge in [-0.3, -0.25) is 4.79 Å². The Morgan fingerprint density at radius 2 is 1.96 bits per heavy atom. The summed E-state index contributed by atoms with van der Waals surface area (Å²) in [7, 11) is 1.37. The number of methoxy groups -OCH3 is 1. The molecular formula is C18H23NO5. The van der Waals surface area contributed by atoms with E-state index in [0.717, 1.165) is 25.0 Å². The second-order valence-electron chi connectivity index (χ2n) is 6.30. The molecule has 0 aromatic heterocycles. The van der Waals surface area contributed by atoms with Crippen LogP contribution in [0.2, 0.25) is 0 Å². The molecule has 2 bridgehead atoms. The summed E-state index contributed by atoms with van der Waals surface area (Å²) in [6.07, 6.45) is 2.32. The summed E-state index contributed by atoms with van der Waals surface area (Å²) in [4.78, 5) is 26.0. The molecule has 6 heteroatoms. The van der Waals surface area contributed by atoms with Gasteiger partial charge in [0.25, 0.3) is 0 Å². The maximum Gasteiger partial charge on any atom is 0.409 e. The maximum atomic E-state index is 12.4. The van der Waals surface area contributed by atoms with Crippen molar-refractivity contribution < 1.29 is 23.8 Å². The van der Waals surface area contributed by atoms with Gasteiger partial charge < -0.3 is 19.1 Å². The molecule has 0 N–H and O–H groups in total. The van der Waals surface area contributed by atoms with Gasteiger partial charge in [0.05, 0.1) is 13.0 Å². The Balaban J connectivity index is 1.48. The molecule has 1 aliphatic carbocycles. The molecule has 3 fully saturated rings. The average Bonchev–Trinajstić information content (AvgIpc) is 2.65. The number of amides is 1. The number of esters is 1. The number of nitrogens with zero attached hydrogens (tertiary/aromatic N) is 1. The minimum Gasteiger partial charge on any atom is -0.490 e. The van der Waals surface area contributed by atoms with Crippen molar-refractivity contribution in [1.82, 2.24) is 4.90 Å². The van der Waals surface area contributed by atoms with E-state index in [0.29, 0.717) is 19.1 Å². The number of fused-ring (bicyclic) bond motifs is 3. The van der Waals surface area contributed by atoms with Gasteiger partial charge in [-0.15, -0.1) is 0 Å². The van der Waals surface area contributed by atoms with E-state index in [4.69, 9.17) is 14.2 Å². The summed E-state index contributed by atoms with van der Waals surface area (Å²) >= 11 is 0. The number of ether oxygens (including phenoxy) is 3. The zero-order valence-corrected chi connectivity index (χ0v) is 13.8. The van der Waals surface area contributed by atoms with E-state index in [1.807, 2.05) is 30.3 Å². The molecule has 2 saturated heterocycles. The van der Waals surface area contributed by atoms with Crippen LogP contribution in [0, 0.1) is 11.8 Å². The molecule has 3 atom stereocenters. The number of carbonyl (C=O) groups excluding carboxylic acids is 2. The molecule has 2 aliphatic heterocycles. The second kappa shape index (κ2) is 7.55. The monoisotopic (exact) mass is 333 g/mol. The lowest BCUT2D eigenvalue weighted by atomic mass is 9.73. The van der Waals surface area contributed by atoms with Gasteiger partial charge in [-0.25, -0.2) is 4.79 Å². The van der Waals surface area contributed by atoms with Crippen molar-refractivity contribution in [2.45, 2.75) is 25.3 Å². The summed E-state index contributed by atoms with van der Waals surface area (Å²) in [5.74, 6) is 0.609. The molecule has 6 nitrogen and oxygen atoms in total. The van der Waals surface area contributed by atoms with Gasteiger partial charge in [0.1, 0.15) is 19.0 Å². The van der Waals surface area contributed by atoms with Gasteiger partial charge in [0.2, 0.25) is 0 Å². The third-order valence-corrected chi connectivity index (χ3v) is 4.83. The van der Waals surface area contributed by atoms with Crippen LogP contribution in [0.25, 0.3) is 0 Å². The quantitative estimate of drug-likeness (QED) is 0.612. The highest BCUT2D eigenvalue weighted by molar-refractivity contribution is 5.76. The number of hydrogen-bond donors (Lipinski definition) is 0. The summed E-state index contributed by atoms with van der Waals surface area (Å²) in [5.41, 5.74) is 0. The van der Waals surface area contributed by atoms with Crippen LogP contribution in [0.1, 0.15) is 19.3 Å². The number of carbonyl (C=O) groups is 2. The Hall–Kier alpha value is -2.24. The largest absolute Gasteiger partial charge is 0.490 e. The molecule has 1 amide bonds.